The van der Waals surface area contributed by atoms with Crippen molar-refractivity contribution in [3.05, 3.63) is 0 Å². The number of piperidine rings is 1. The molecule has 96 valence electrons. The molecule has 2 saturated heterocycles. The summed E-state index contributed by atoms with van der Waals surface area (Å²) in [6.45, 7) is 6.19. The lowest BCUT2D eigenvalue weighted by molar-refractivity contribution is -0.0573. The Morgan fingerprint density at radius 1 is 1.47 bits per heavy atom. The van der Waals surface area contributed by atoms with Crippen molar-refractivity contribution in [2.45, 2.75) is 50.5 Å². The van der Waals surface area contributed by atoms with Crippen molar-refractivity contribution in [1.82, 2.24) is 4.90 Å². The molecule has 3 fully saturated rings. The molecular formula is C12H18FNO3. The minimum absolute atomic E-state index is 0.0393. The summed E-state index contributed by atoms with van der Waals surface area (Å²) >= 11 is 0. The highest BCUT2D eigenvalue weighted by Crippen LogP contribution is 2.61. The van der Waals surface area contributed by atoms with E-state index in [0.717, 1.165) is 0 Å². The van der Waals surface area contributed by atoms with Crippen LogP contribution in [0.3, 0.4) is 0 Å². The maximum absolute atomic E-state index is 14.4. The predicted molar refractivity (Wildman–Crippen MR) is 58.4 cm³/mol. The number of morpholine rings is 1. The van der Waals surface area contributed by atoms with Crippen LogP contribution < -0.4 is 0 Å². The van der Waals surface area contributed by atoms with Crippen LogP contribution >= 0.6 is 0 Å². The highest BCUT2D eigenvalue weighted by Gasteiger charge is 2.74. The normalized spacial score (nSPS) is 43.3. The summed E-state index contributed by atoms with van der Waals surface area (Å²) in [6, 6.07) is -0.574. The first-order valence-electron chi connectivity index (χ1n) is 6.11. The van der Waals surface area contributed by atoms with Crippen molar-refractivity contribution in [3.63, 3.8) is 0 Å². The van der Waals surface area contributed by atoms with Gasteiger partial charge in [-0.1, -0.05) is 0 Å². The second-order valence-corrected chi connectivity index (χ2v) is 6.25. The molecule has 2 heterocycles. The molecule has 1 aliphatic carbocycles. The zero-order valence-corrected chi connectivity index (χ0v) is 10.4. The van der Waals surface area contributed by atoms with Crippen LogP contribution in [0.1, 0.15) is 27.2 Å². The summed E-state index contributed by atoms with van der Waals surface area (Å²) < 4.78 is 25.0. The van der Waals surface area contributed by atoms with Crippen molar-refractivity contribution >= 4 is 6.09 Å². The fraction of sp³-hybridized carbons (Fsp3) is 0.917. The number of nitrogens with zero attached hydrogens (tertiary/aromatic N) is 1. The molecule has 0 N–H and O–H groups in total. The van der Waals surface area contributed by atoms with Crippen LogP contribution in [0.2, 0.25) is 0 Å². The number of hydrogen-bond acceptors (Lipinski definition) is 3. The molecule has 5 heteroatoms. The molecule has 0 aromatic heterocycles. The Balaban J connectivity index is 1.79. The number of carbonyl (C=O) groups excluding carboxylic acids is 1. The van der Waals surface area contributed by atoms with E-state index in [-0.39, 0.29) is 12.0 Å². The van der Waals surface area contributed by atoms with E-state index in [0.29, 0.717) is 19.6 Å². The lowest BCUT2D eigenvalue weighted by atomic mass is 10.1. The third kappa shape index (κ3) is 1.55. The van der Waals surface area contributed by atoms with Gasteiger partial charge in [0.2, 0.25) is 0 Å². The van der Waals surface area contributed by atoms with E-state index in [1.54, 1.807) is 4.90 Å². The van der Waals surface area contributed by atoms with Crippen molar-refractivity contribution in [2.24, 2.45) is 5.92 Å². The van der Waals surface area contributed by atoms with E-state index in [1.807, 2.05) is 20.8 Å². The minimum atomic E-state index is -1.21. The molecule has 0 aromatic rings. The first-order valence-corrected chi connectivity index (χ1v) is 6.11. The average molecular weight is 243 g/mol. The lowest BCUT2D eigenvalue weighted by Crippen LogP contribution is -2.55. The van der Waals surface area contributed by atoms with Gasteiger partial charge < -0.3 is 9.47 Å². The zero-order chi connectivity index (χ0) is 12.4. The summed E-state index contributed by atoms with van der Waals surface area (Å²) in [5.74, 6) is -0.0393. The summed E-state index contributed by atoms with van der Waals surface area (Å²) in [6.07, 6.45) is 0.172. The highest BCUT2D eigenvalue weighted by atomic mass is 19.1. The second kappa shape index (κ2) is 3.13. The Morgan fingerprint density at radius 3 is 2.76 bits per heavy atom. The molecule has 4 atom stereocenters. The van der Waals surface area contributed by atoms with Crippen LogP contribution in [0.15, 0.2) is 0 Å². The number of rotatable bonds is 0. The van der Waals surface area contributed by atoms with Crippen molar-refractivity contribution in [1.29, 1.82) is 0 Å². The van der Waals surface area contributed by atoms with E-state index in [2.05, 4.69) is 0 Å². The Kier molecular flexibility index (Phi) is 2.07. The molecule has 17 heavy (non-hydrogen) atoms. The Labute approximate surface area is 100 Å². The van der Waals surface area contributed by atoms with Crippen LogP contribution in [0.25, 0.3) is 0 Å². The quantitative estimate of drug-likeness (QED) is 0.650. The van der Waals surface area contributed by atoms with Gasteiger partial charge in [0.1, 0.15) is 11.3 Å². The maximum Gasteiger partial charge on any atom is 0.411 e. The molecule has 0 radical (unpaired) electrons. The van der Waals surface area contributed by atoms with Gasteiger partial charge in [0, 0.05) is 5.92 Å². The monoisotopic (exact) mass is 243 g/mol. The number of hydrogen-bond donors (Lipinski definition) is 0. The van der Waals surface area contributed by atoms with Gasteiger partial charge in [-0.3, -0.25) is 4.90 Å². The minimum Gasteiger partial charge on any atom is -0.444 e. The third-order valence-electron chi connectivity index (χ3n) is 3.87. The molecule has 4 unspecified atom stereocenters. The molecular weight excluding hydrogens is 225 g/mol. The van der Waals surface area contributed by atoms with E-state index in [1.165, 1.54) is 0 Å². The van der Waals surface area contributed by atoms with E-state index >= 15 is 0 Å². The summed E-state index contributed by atoms with van der Waals surface area (Å²) in [4.78, 5) is 13.6. The van der Waals surface area contributed by atoms with E-state index in [4.69, 9.17) is 9.47 Å². The van der Waals surface area contributed by atoms with Crippen molar-refractivity contribution in [2.75, 3.05) is 13.2 Å². The van der Waals surface area contributed by atoms with Gasteiger partial charge in [0.05, 0.1) is 25.3 Å². The molecule has 4 nitrogen and oxygen atoms in total. The predicted octanol–water partition coefficient (Wildman–Crippen LogP) is 1.73. The van der Waals surface area contributed by atoms with Gasteiger partial charge in [-0.25, -0.2) is 9.18 Å². The molecule has 3 aliphatic rings. The number of amides is 1. The summed E-state index contributed by atoms with van der Waals surface area (Å²) in [5.41, 5.74) is -1.75. The third-order valence-corrected chi connectivity index (χ3v) is 3.87. The van der Waals surface area contributed by atoms with Crippen LogP contribution in [0, 0.1) is 5.92 Å². The van der Waals surface area contributed by atoms with Crippen LogP contribution in [0.4, 0.5) is 9.18 Å². The number of alkyl halides is 1. The zero-order valence-electron chi connectivity index (χ0n) is 10.4. The topological polar surface area (TPSA) is 38.8 Å². The molecule has 0 spiro atoms. The van der Waals surface area contributed by atoms with Gasteiger partial charge in [0.15, 0.2) is 0 Å². The fourth-order valence-corrected chi connectivity index (χ4v) is 3.07. The molecule has 1 saturated carbocycles. The number of halogens is 1. The first kappa shape index (κ1) is 11.3. The van der Waals surface area contributed by atoms with E-state index < -0.39 is 23.4 Å². The molecule has 2 aliphatic heterocycles. The molecule has 3 rings (SSSR count). The Bertz CT molecular complexity index is 367. The van der Waals surface area contributed by atoms with E-state index in [9.17, 15) is 9.18 Å². The standard InChI is InChI=1S/C12H18FNO3/c1-11(2,3)17-10(15)14-8-5-16-6-9(14)12(13)4-7(8)12/h7-9H,4-6H2,1-3H3. The van der Waals surface area contributed by atoms with Gasteiger partial charge in [-0.2, -0.15) is 0 Å². The molecule has 2 bridgehead atoms. The fourth-order valence-electron chi connectivity index (χ4n) is 3.07. The van der Waals surface area contributed by atoms with Gasteiger partial charge in [0.25, 0.3) is 0 Å². The first-order chi connectivity index (χ1) is 7.83. The number of ether oxygens (including phenoxy) is 2. The van der Waals surface area contributed by atoms with Crippen molar-refractivity contribution < 1.29 is 18.7 Å². The SMILES string of the molecule is CC(C)(C)OC(=O)N1C2COCC1C1(F)CC21. The molecule has 0 aromatic carbocycles. The summed E-state index contributed by atoms with van der Waals surface area (Å²) in [7, 11) is 0. The largest absolute Gasteiger partial charge is 0.444 e. The smallest absolute Gasteiger partial charge is 0.411 e. The Morgan fingerprint density at radius 2 is 2.18 bits per heavy atom. The maximum atomic E-state index is 14.4. The summed E-state index contributed by atoms with van der Waals surface area (Å²) in [5, 5.41) is 0. The second-order valence-electron chi connectivity index (χ2n) is 6.25. The van der Waals surface area contributed by atoms with Crippen LogP contribution in [-0.2, 0) is 9.47 Å². The van der Waals surface area contributed by atoms with Gasteiger partial charge >= 0.3 is 6.09 Å². The molecule has 1 amide bonds. The van der Waals surface area contributed by atoms with Gasteiger partial charge in [-0.15, -0.1) is 0 Å². The van der Waals surface area contributed by atoms with Crippen LogP contribution in [0.5, 0.6) is 0 Å². The number of carbonyl (C=O) groups is 1. The van der Waals surface area contributed by atoms with Gasteiger partial charge in [-0.05, 0) is 27.2 Å². The highest BCUT2D eigenvalue weighted by molar-refractivity contribution is 5.71. The Hall–Kier alpha value is -0.840. The number of fused-ring (bicyclic) bond motifs is 5. The average Bonchev–Trinajstić information content (AvgIpc) is 2.84. The van der Waals surface area contributed by atoms with Crippen molar-refractivity contribution in [3.8, 4) is 0 Å². The van der Waals surface area contributed by atoms with Crippen LogP contribution in [-0.4, -0.2) is 47.6 Å². The lowest BCUT2D eigenvalue weighted by Gasteiger charge is -2.38.